The van der Waals surface area contributed by atoms with E-state index >= 15 is 0 Å². The highest BCUT2D eigenvalue weighted by atomic mass is 35.5. The van der Waals surface area contributed by atoms with E-state index in [0.29, 0.717) is 28.5 Å². The molecule has 0 aliphatic carbocycles. The van der Waals surface area contributed by atoms with Crippen molar-refractivity contribution >= 4 is 29.7 Å². The second-order valence-corrected chi connectivity index (χ2v) is 5.26. The Kier molecular flexibility index (Phi) is 6.98. The number of hydrogen-bond acceptors (Lipinski definition) is 5. The predicted molar refractivity (Wildman–Crippen MR) is 95.1 cm³/mol. The number of benzene rings is 2. The monoisotopic (exact) mass is 360 g/mol. The van der Waals surface area contributed by atoms with Crippen molar-refractivity contribution in [1.82, 2.24) is 5.43 Å². The maximum absolute atomic E-state index is 11.7. The summed E-state index contributed by atoms with van der Waals surface area (Å²) in [5.41, 5.74) is 3.46. The first kappa shape index (κ1) is 18.5. The second-order valence-electron chi connectivity index (χ2n) is 4.85. The smallest absolute Gasteiger partial charge is 0.338 e. The Morgan fingerprint density at radius 2 is 1.88 bits per heavy atom. The van der Waals surface area contributed by atoms with Crippen LogP contribution in [0.5, 0.6) is 5.75 Å². The number of amides is 1. The highest BCUT2D eigenvalue weighted by molar-refractivity contribution is 6.33. The van der Waals surface area contributed by atoms with Crippen LogP contribution >= 0.6 is 11.6 Å². The minimum absolute atomic E-state index is 0.210. The van der Waals surface area contributed by atoms with E-state index in [2.05, 4.69) is 10.5 Å². The lowest BCUT2D eigenvalue weighted by molar-refractivity contribution is -0.123. The van der Waals surface area contributed by atoms with Gasteiger partial charge < -0.3 is 9.47 Å². The second kappa shape index (κ2) is 9.44. The first-order chi connectivity index (χ1) is 12.1. The summed E-state index contributed by atoms with van der Waals surface area (Å²) in [6, 6.07) is 13.4. The molecule has 0 saturated heterocycles. The molecule has 2 rings (SSSR count). The summed E-state index contributed by atoms with van der Waals surface area (Å²) in [6.45, 7) is 1.84. The molecule has 0 aliphatic heterocycles. The third kappa shape index (κ3) is 5.93. The van der Waals surface area contributed by atoms with Gasteiger partial charge in [-0.1, -0.05) is 29.8 Å². The highest BCUT2D eigenvalue weighted by Gasteiger charge is 2.07. The minimum atomic E-state index is -0.419. The molecule has 0 fully saturated rings. The highest BCUT2D eigenvalue weighted by Crippen LogP contribution is 2.13. The number of carbonyl (C=O) groups excluding carboxylic acids is 2. The van der Waals surface area contributed by atoms with E-state index < -0.39 is 11.9 Å². The Balaban J connectivity index is 1.80. The normalized spacial score (nSPS) is 10.5. The summed E-state index contributed by atoms with van der Waals surface area (Å²) in [7, 11) is 0. The van der Waals surface area contributed by atoms with E-state index in [0.717, 1.165) is 0 Å². The van der Waals surface area contributed by atoms with Gasteiger partial charge in [0.05, 0.1) is 18.4 Å². The molecule has 25 heavy (non-hydrogen) atoms. The molecule has 2 aromatic rings. The molecule has 0 radical (unpaired) electrons. The number of hydrogen-bond donors (Lipinski definition) is 1. The van der Waals surface area contributed by atoms with Gasteiger partial charge in [0.25, 0.3) is 5.91 Å². The molecule has 0 atom stereocenters. The van der Waals surface area contributed by atoms with Gasteiger partial charge in [0, 0.05) is 10.6 Å². The number of hydrazone groups is 1. The van der Waals surface area contributed by atoms with Crippen LogP contribution in [0.2, 0.25) is 5.02 Å². The Morgan fingerprint density at radius 1 is 1.16 bits per heavy atom. The fourth-order valence-corrected chi connectivity index (χ4v) is 2.02. The molecule has 7 heteroatoms. The van der Waals surface area contributed by atoms with Gasteiger partial charge in [0.2, 0.25) is 0 Å². The standard InChI is InChI=1S/C18H17ClN2O4/c1-2-24-18(23)13-7-9-15(10-8-13)25-12-17(22)21-20-11-14-5-3-4-6-16(14)19/h3-11H,2,12H2,1H3,(H,21,22)/b20-11+. The van der Waals surface area contributed by atoms with Gasteiger partial charge in [-0.05, 0) is 37.3 Å². The maximum atomic E-state index is 11.7. The first-order valence-electron chi connectivity index (χ1n) is 7.56. The number of esters is 1. The van der Waals surface area contributed by atoms with E-state index in [9.17, 15) is 9.59 Å². The van der Waals surface area contributed by atoms with E-state index in [-0.39, 0.29) is 6.61 Å². The molecular weight excluding hydrogens is 344 g/mol. The molecule has 2 aromatic carbocycles. The van der Waals surface area contributed by atoms with Gasteiger partial charge in [-0.2, -0.15) is 5.10 Å². The van der Waals surface area contributed by atoms with Crippen LogP contribution in [0, 0.1) is 0 Å². The van der Waals surface area contributed by atoms with Crippen molar-refractivity contribution in [2.45, 2.75) is 6.92 Å². The van der Waals surface area contributed by atoms with Crippen molar-refractivity contribution < 1.29 is 19.1 Å². The SMILES string of the molecule is CCOC(=O)c1ccc(OCC(=O)N/N=C/c2ccccc2Cl)cc1. The topological polar surface area (TPSA) is 77.0 Å². The number of nitrogens with one attached hydrogen (secondary N) is 1. The first-order valence-corrected chi connectivity index (χ1v) is 7.94. The van der Waals surface area contributed by atoms with Crippen LogP contribution in [-0.4, -0.2) is 31.3 Å². The Hall–Kier alpha value is -2.86. The largest absolute Gasteiger partial charge is 0.484 e. The molecule has 1 N–H and O–H groups in total. The van der Waals surface area contributed by atoms with Crippen molar-refractivity contribution in [3.05, 3.63) is 64.7 Å². The van der Waals surface area contributed by atoms with Gasteiger partial charge in [-0.15, -0.1) is 0 Å². The lowest BCUT2D eigenvalue weighted by Crippen LogP contribution is -2.24. The summed E-state index contributed by atoms with van der Waals surface area (Å²) < 4.78 is 10.2. The Bertz CT molecular complexity index is 760. The van der Waals surface area contributed by atoms with E-state index in [1.165, 1.54) is 6.21 Å². The summed E-state index contributed by atoms with van der Waals surface area (Å²) in [4.78, 5) is 23.2. The van der Waals surface area contributed by atoms with Crippen molar-refractivity contribution in [1.29, 1.82) is 0 Å². The van der Waals surface area contributed by atoms with Gasteiger partial charge in [-0.25, -0.2) is 10.2 Å². The van der Waals surface area contributed by atoms with E-state index in [4.69, 9.17) is 21.1 Å². The number of carbonyl (C=O) groups is 2. The molecule has 130 valence electrons. The van der Waals surface area contributed by atoms with Gasteiger partial charge in [-0.3, -0.25) is 4.79 Å². The maximum Gasteiger partial charge on any atom is 0.338 e. The number of nitrogens with zero attached hydrogens (tertiary/aromatic N) is 1. The molecule has 1 amide bonds. The van der Waals surface area contributed by atoms with Gasteiger partial charge in [0.1, 0.15) is 5.75 Å². The van der Waals surface area contributed by atoms with Crippen LogP contribution in [0.1, 0.15) is 22.8 Å². The number of rotatable bonds is 7. The van der Waals surface area contributed by atoms with Gasteiger partial charge >= 0.3 is 5.97 Å². The molecule has 0 aromatic heterocycles. The molecular formula is C18H17ClN2O4. The van der Waals surface area contributed by atoms with Crippen LogP contribution in [0.4, 0.5) is 0 Å². The van der Waals surface area contributed by atoms with Crippen LogP contribution in [0.25, 0.3) is 0 Å². The minimum Gasteiger partial charge on any atom is -0.484 e. The van der Waals surface area contributed by atoms with Gasteiger partial charge in [0.15, 0.2) is 6.61 Å². The zero-order valence-electron chi connectivity index (χ0n) is 13.6. The Labute approximate surface area is 150 Å². The zero-order valence-corrected chi connectivity index (χ0v) is 14.3. The molecule has 0 aliphatic rings. The molecule has 0 unspecified atom stereocenters. The summed E-state index contributed by atoms with van der Waals surface area (Å²) in [6.07, 6.45) is 1.45. The molecule has 0 saturated carbocycles. The summed E-state index contributed by atoms with van der Waals surface area (Å²) in [5, 5.41) is 4.36. The van der Waals surface area contributed by atoms with Crippen molar-refractivity contribution in [3.63, 3.8) is 0 Å². The van der Waals surface area contributed by atoms with Crippen LogP contribution in [0.15, 0.2) is 53.6 Å². The number of halogens is 1. The van der Waals surface area contributed by atoms with Crippen LogP contribution in [0.3, 0.4) is 0 Å². The van der Waals surface area contributed by atoms with Crippen molar-refractivity contribution in [2.24, 2.45) is 5.10 Å². The summed E-state index contributed by atoms with van der Waals surface area (Å²) in [5.74, 6) is -0.364. The third-order valence-electron chi connectivity index (χ3n) is 3.03. The molecule has 0 bridgehead atoms. The van der Waals surface area contributed by atoms with Crippen LogP contribution < -0.4 is 10.2 Å². The predicted octanol–water partition coefficient (Wildman–Crippen LogP) is 3.05. The van der Waals surface area contributed by atoms with E-state index in [1.807, 2.05) is 6.07 Å². The lowest BCUT2D eigenvalue weighted by Gasteiger charge is -2.06. The Morgan fingerprint density at radius 3 is 2.56 bits per heavy atom. The van der Waals surface area contributed by atoms with Crippen LogP contribution in [-0.2, 0) is 9.53 Å². The molecule has 6 nitrogen and oxygen atoms in total. The van der Waals surface area contributed by atoms with Crippen molar-refractivity contribution in [2.75, 3.05) is 13.2 Å². The zero-order chi connectivity index (χ0) is 18.1. The molecule has 0 heterocycles. The van der Waals surface area contributed by atoms with Crippen molar-refractivity contribution in [3.8, 4) is 5.75 Å². The third-order valence-corrected chi connectivity index (χ3v) is 3.38. The summed E-state index contributed by atoms with van der Waals surface area (Å²) >= 11 is 5.97. The van der Waals surface area contributed by atoms with E-state index in [1.54, 1.807) is 49.4 Å². The average molecular weight is 361 g/mol. The quantitative estimate of drug-likeness (QED) is 0.467. The fraction of sp³-hybridized carbons (Fsp3) is 0.167. The lowest BCUT2D eigenvalue weighted by atomic mass is 10.2. The number of ether oxygens (including phenoxy) is 2. The fourth-order valence-electron chi connectivity index (χ4n) is 1.84. The average Bonchev–Trinajstić information content (AvgIpc) is 2.62. The molecule has 0 spiro atoms.